The summed E-state index contributed by atoms with van der Waals surface area (Å²) >= 11 is 0. The summed E-state index contributed by atoms with van der Waals surface area (Å²) in [6, 6.07) is 7.62. The molecule has 2 bridgehead atoms. The highest BCUT2D eigenvalue weighted by Crippen LogP contribution is 2.53. The quantitative estimate of drug-likeness (QED) is 0.928. The van der Waals surface area contributed by atoms with E-state index in [-0.39, 0.29) is 0 Å². The summed E-state index contributed by atoms with van der Waals surface area (Å²) in [6.45, 7) is 5.02. The lowest BCUT2D eigenvalue weighted by molar-refractivity contribution is -0.00557. The third-order valence-corrected chi connectivity index (χ3v) is 7.07. The van der Waals surface area contributed by atoms with Gasteiger partial charge in [0.2, 0.25) is 0 Å². The topological polar surface area (TPSA) is 24.5 Å². The minimum absolute atomic E-state index is 0.401. The molecule has 0 radical (unpaired) electrons. The van der Waals surface area contributed by atoms with E-state index in [1.165, 1.54) is 58.3 Å². The Morgan fingerprint density at radius 2 is 2.22 bits per heavy atom. The van der Waals surface area contributed by atoms with Gasteiger partial charge >= 0.3 is 0 Å². The molecule has 0 spiro atoms. The predicted octanol–water partition coefficient (Wildman–Crippen LogP) is 2.58. The molecule has 3 fully saturated rings. The highest BCUT2D eigenvalue weighted by molar-refractivity contribution is 5.45. The van der Waals surface area contributed by atoms with Crippen LogP contribution in [0.5, 0.6) is 5.75 Å². The summed E-state index contributed by atoms with van der Waals surface area (Å²) in [7, 11) is 1.79. The molecule has 3 nitrogen and oxygen atoms in total. The summed E-state index contributed by atoms with van der Waals surface area (Å²) < 4.78 is 5.55. The molecule has 5 rings (SSSR count). The minimum atomic E-state index is 0.401. The van der Waals surface area contributed by atoms with Gasteiger partial charge in [0.15, 0.2) is 0 Å². The predicted molar refractivity (Wildman–Crippen MR) is 92.1 cm³/mol. The number of likely N-dealkylation sites (tertiary alicyclic amines) is 1. The molecule has 0 unspecified atom stereocenters. The molecular formula is C20H28N2O. The van der Waals surface area contributed by atoms with Crippen molar-refractivity contribution in [3.63, 3.8) is 0 Å². The molecule has 0 amide bonds. The number of hydrogen-bond acceptors (Lipinski definition) is 3. The van der Waals surface area contributed by atoms with Crippen LogP contribution in [0.2, 0.25) is 0 Å². The highest BCUT2D eigenvalue weighted by Gasteiger charge is 2.54. The average molecular weight is 312 g/mol. The summed E-state index contributed by atoms with van der Waals surface area (Å²) in [5.74, 6) is 2.81. The molecule has 2 aliphatic carbocycles. The Bertz CT molecular complexity index is 612. The molecule has 0 aromatic heterocycles. The lowest BCUT2D eigenvalue weighted by Crippen LogP contribution is -2.65. The molecule has 3 atom stereocenters. The fourth-order valence-corrected chi connectivity index (χ4v) is 5.68. The van der Waals surface area contributed by atoms with Gasteiger partial charge in [0.25, 0.3) is 0 Å². The standard InChI is InChI=1S/C20H28N2O/c1-23-16-5-4-15-10-19-18-12-21-8-6-20(18,17(15)11-16)7-9-22(19)13-14-2-3-14/h4-5,11,14,18-19,21H,2-3,6-10,12-13H2,1H3/t18-,19+,20-/m0/s1. The third-order valence-electron chi connectivity index (χ3n) is 7.07. The molecule has 2 aliphatic heterocycles. The maximum atomic E-state index is 5.55. The smallest absolute Gasteiger partial charge is 0.119 e. The van der Waals surface area contributed by atoms with Gasteiger partial charge in [-0.15, -0.1) is 0 Å². The van der Waals surface area contributed by atoms with Crippen molar-refractivity contribution in [3.8, 4) is 5.75 Å². The van der Waals surface area contributed by atoms with E-state index in [4.69, 9.17) is 4.74 Å². The number of nitrogens with one attached hydrogen (secondary N) is 1. The van der Waals surface area contributed by atoms with Gasteiger partial charge in [-0.05, 0) is 80.3 Å². The fourth-order valence-electron chi connectivity index (χ4n) is 5.68. The first kappa shape index (κ1) is 14.3. The van der Waals surface area contributed by atoms with E-state index in [1.807, 2.05) is 0 Å². The molecule has 2 saturated heterocycles. The number of rotatable bonds is 3. The zero-order chi connectivity index (χ0) is 15.4. The van der Waals surface area contributed by atoms with E-state index in [0.29, 0.717) is 5.41 Å². The Hall–Kier alpha value is -1.06. The van der Waals surface area contributed by atoms with Gasteiger partial charge in [-0.25, -0.2) is 0 Å². The average Bonchev–Trinajstić information content (AvgIpc) is 3.41. The Balaban J connectivity index is 1.57. The highest BCUT2D eigenvalue weighted by atomic mass is 16.5. The maximum Gasteiger partial charge on any atom is 0.119 e. The fraction of sp³-hybridized carbons (Fsp3) is 0.700. The van der Waals surface area contributed by atoms with Crippen LogP contribution in [-0.2, 0) is 11.8 Å². The lowest BCUT2D eigenvalue weighted by atomic mass is 9.54. The minimum Gasteiger partial charge on any atom is -0.497 e. The van der Waals surface area contributed by atoms with Gasteiger partial charge in [0, 0.05) is 24.5 Å². The molecular weight excluding hydrogens is 284 g/mol. The number of benzene rings is 1. The summed E-state index contributed by atoms with van der Waals surface area (Å²) in [6.07, 6.45) is 6.80. The van der Waals surface area contributed by atoms with Gasteiger partial charge in [-0.2, -0.15) is 0 Å². The molecule has 1 aromatic rings. The monoisotopic (exact) mass is 312 g/mol. The largest absolute Gasteiger partial charge is 0.497 e. The van der Waals surface area contributed by atoms with Crippen LogP contribution in [0, 0.1) is 11.8 Å². The van der Waals surface area contributed by atoms with Crippen molar-refractivity contribution in [2.75, 3.05) is 33.3 Å². The van der Waals surface area contributed by atoms with Crippen molar-refractivity contribution in [2.24, 2.45) is 11.8 Å². The number of piperidine rings is 2. The number of fused-ring (bicyclic) bond motifs is 1. The van der Waals surface area contributed by atoms with E-state index < -0.39 is 0 Å². The van der Waals surface area contributed by atoms with Crippen LogP contribution in [-0.4, -0.2) is 44.2 Å². The summed E-state index contributed by atoms with van der Waals surface area (Å²) in [5.41, 5.74) is 3.61. The number of hydrogen-bond donors (Lipinski definition) is 1. The van der Waals surface area contributed by atoms with E-state index in [2.05, 4.69) is 28.4 Å². The van der Waals surface area contributed by atoms with Crippen molar-refractivity contribution in [1.82, 2.24) is 10.2 Å². The second-order valence-corrected chi connectivity index (χ2v) is 8.20. The molecule has 3 heteroatoms. The summed E-state index contributed by atoms with van der Waals surface area (Å²) in [5, 5.41) is 3.70. The zero-order valence-corrected chi connectivity index (χ0v) is 14.2. The van der Waals surface area contributed by atoms with Crippen LogP contribution in [0.25, 0.3) is 0 Å². The summed E-state index contributed by atoms with van der Waals surface area (Å²) in [4.78, 5) is 2.85. The second kappa shape index (κ2) is 5.22. The zero-order valence-electron chi connectivity index (χ0n) is 14.2. The Kier molecular flexibility index (Phi) is 3.24. The van der Waals surface area contributed by atoms with E-state index in [0.717, 1.165) is 23.6 Å². The van der Waals surface area contributed by atoms with Crippen molar-refractivity contribution >= 4 is 0 Å². The SMILES string of the molecule is COc1ccc2c(c1)[C@@]13CCNC[C@H]1[C@@H](C2)N(CC1CC1)CC3. The van der Waals surface area contributed by atoms with E-state index >= 15 is 0 Å². The first-order chi connectivity index (χ1) is 11.3. The Labute approximate surface area is 139 Å². The molecule has 2 heterocycles. The maximum absolute atomic E-state index is 5.55. The number of ether oxygens (including phenoxy) is 1. The van der Waals surface area contributed by atoms with Crippen LogP contribution in [0.15, 0.2) is 18.2 Å². The van der Waals surface area contributed by atoms with Crippen LogP contribution in [0.1, 0.15) is 36.8 Å². The molecule has 1 aromatic carbocycles. The van der Waals surface area contributed by atoms with Crippen LogP contribution in [0.4, 0.5) is 0 Å². The van der Waals surface area contributed by atoms with Crippen molar-refractivity contribution in [2.45, 2.75) is 43.6 Å². The molecule has 1 saturated carbocycles. The van der Waals surface area contributed by atoms with Crippen molar-refractivity contribution in [3.05, 3.63) is 29.3 Å². The van der Waals surface area contributed by atoms with Gasteiger partial charge in [-0.3, -0.25) is 4.90 Å². The van der Waals surface area contributed by atoms with Crippen LogP contribution < -0.4 is 10.1 Å². The molecule has 124 valence electrons. The second-order valence-electron chi connectivity index (χ2n) is 8.20. The third kappa shape index (κ3) is 2.16. The van der Waals surface area contributed by atoms with E-state index in [9.17, 15) is 0 Å². The number of nitrogens with zero attached hydrogens (tertiary/aromatic N) is 1. The van der Waals surface area contributed by atoms with Crippen molar-refractivity contribution < 1.29 is 4.74 Å². The van der Waals surface area contributed by atoms with Gasteiger partial charge in [0.1, 0.15) is 5.75 Å². The Morgan fingerprint density at radius 3 is 3.04 bits per heavy atom. The first-order valence-corrected chi connectivity index (χ1v) is 9.42. The first-order valence-electron chi connectivity index (χ1n) is 9.42. The molecule has 1 N–H and O–H groups in total. The Morgan fingerprint density at radius 1 is 1.30 bits per heavy atom. The van der Waals surface area contributed by atoms with Gasteiger partial charge < -0.3 is 10.1 Å². The van der Waals surface area contributed by atoms with Crippen LogP contribution in [0.3, 0.4) is 0 Å². The van der Waals surface area contributed by atoms with Crippen LogP contribution >= 0.6 is 0 Å². The lowest BCUT2D eigenvalue weighted by Gasteiger charge is -2.59. The van der Waals surface area contributed by atoms with Crippen molar-refractivity contribution in [1.29, 1.82) is 0 Å². The van der Waals surface area contributed by atoms with Gasteiger partial charge in [-0.1, -0.05) is 6.07 Å². The van der Waals surface area contributed by atoms with Gasteiger partial charge in [0.05, 0.1) is 7.11 Å². The molecule has 4 aliphatic rings. The van der Waals surface area contributed by atoms with E-state index in [1.54, 1.807) is 18.2 Å². The number of methoxy groups -OCH3 is 1. The molecule has 23 heavy (non-hydrogen) atoms. The normalized spacial score (nSPS) is 36.2.